The van der Waals surface area contributed by atoms with Crippen LogP contribution in [0.5, 0.6) is 5.75 Å². The lowest BCUT2D eigenvalue weighted by molar-refractivity contribution is -0.139. The Hall–Kier alpha value is -3.68. The third-order valence-corrected chi connectivity index (χ3v) is 5.06. The van der Waals surface area contributed by atoms with Crippen LogP contribution in [0.4, 0.5) is 5.95 Å². The van der Waals surface area contributed by atoms with Gasteiger partial charge in [0, 0.05) is 5.70 Å². The molecule has 1 aliphatic rings. The van der Waals surface area contributed by atoms with Crippen molar-refractivity contribution in [2.45, 2.75) is 39.8 Å². The van der Waals surface area contributed by atoms with Crippen molar-refractivity contribution in [3.8, 4) is 5.75 Å². The van der Waals surface area contributed by atoms with Gasteiger partial charge in [-0.05, 0) is 54.0 Å². The van der Waals surface area contributed by atoms with Gasteiger partial charge in [-0.2, -0.15) is 4.68 Å². The van der Waals surface area contributed by atoms with E-state index < -0.39 is 6.04 Å². The highest BCUT2D eigenvalue weighted by Gasteiger charge is 2.34. The number of anilines is 1. The Morgan fingerprint density at radius 3 is 2.71 bits per heavy atom. The van der Waals surface area contributed by atoms with Gasteiger partial charge in [0.1, 0.15) is 18.4 Å². The fourth-order valence-electron chi connectivity index (χ4n) is 3.57. The van der Waals surface area contributed by atoms with Crippen molar-refractivity contribution >= 4 is 11.9 Å². The van der Waals surface area contributed by atoms with Gasteiger partial charge in [0.15, 0.2) is 0 Å². The summed E-state index contributed by atoms with van der Waals surface area (Å²) in [6.07, 6.45) is 0.749. The summed E-state index contributed by atoms with van der Waals surface area (Å²) in [5, 5.41) is 14.9. The summed E-state index contributed by atoms with van der Waals surface area (Å²) < 4.78 is 12.9. The Balaban J connectivity index is 1.58. The highest BCUT2D eigenvalue weighted by atomic mass is 16.5. The molecule has 31 heavy (non-hydrogen) atoms. The second-order valence-corrected chi connectivity index (χ2v) is 7.50. The fraction of sp³-hybridized carbons (Fsp3) is 0.304. The third kappa shape index (κ3) is 4.42. The minimum atomic E-state index is -0.485. The van der Waals surface area contributed by atoms with Crippen molar-refractivity contribution < 1.29 is 14.3 Å². The van der Waals surface area contributed by atoms with Crippen LogP contribution in [-0.2, 0) is 16.1 Å². The molecule has 0 radical (unpaired) electrons. The highest BCUT2D eigenvalue weighted by Crippen LogP contribution is 2.35. The largest absolute Gasteiger partial charge is 0.489 e. The zero-order valence-electron chi connectivity index (χ0n) is 17.8. The van der Waals surface area contributed by atoms with E-state index in [-0.39, 0.29) is 5.97 Å². The number of ether oxygens (including phenoxy) is 2. The first-order chi connectivity index (χ1) is 15.1. The van der Waals surface area contributed by atoms with Crippen LogP contribution in [0.2, 0.25) is 0 Å². The van der Waals surface area contributed by atoms with Crippen molar-refractivity contribution in [2.24, 2.45) is 0 Å². The average molecular weight is 419 g/mol. The van der Waals surface area contributed by atoms with Gasteiger partial charge in [-0.3, -0.25) is 0 Å². The van der Waals surface area contributed by atoms with Crippen LogP contribution < -0.4 is 10.1 Å². The lowest BCUT2D eigenvalue weighted by Gasteiger charge is -2.27. The maximum atomic E-state index is 12.8. The smallest absolute Gasteiger partial charge is 0.338 e. The van der Waals surface area contributed by atoms with E-state index in [0.717, 1.165) is 23.3 Å². The van der Waals surface area contributed by atoms with Crippen molar-refractivity contribution in [3.63, 3.8) is 0 Å². The molecule has 1 unspecified atom stereocenters. The number of nitrogens with one attached hydrogen (secondary N) is 1. The number of aromatic nitrogens is 4. The summed E-state index contributed by atoms with van der Waals surface area (Å²) in [5.74, 6) is 0.846. The van der Waals surface area contributed by atoms with Crippen LogP contribution in [0.1, 0.15) is 43.0 Å². The van der Waals surface area contributed by atoms with E-state index in [1.165, 1.54) is 5.56 Å². The summed E-state index contributed by atoms with van der Waals surface area (Å²) in [5.41, 5.74) is 4.33. The normalized spacial score (nSPS) is 15.3. The average Bonchev–Trinajstić information content (AvgIpc) is 3.23. The fourth-order valence-corrected chi connectivity index (χ4v) is 3.57. The zero-order valence-corrected chi connectivity index (χ0v) is 17.8. The number of tetrazole rings is 1. The van der Waals surface area contributed by atoms with Crippen LogP contribution in [0, 0.1) is 6.92 Å². The number of aryl methyl sites for hydroxylation is 1. The topological polar surface area (TPSA) is 91.2 Å². The van der Waals surface area contributed by atoms with Crippen LogP contribution in [0.25, 0.3) is 0 Å². The number of benzene rings is 2. The summed E-state index contributed by atoms with van der Waals surface area (Å²) >= 11 is 0. The van der Waals surface area contributed by atoms with Crippen LogP contribution in [-0.4, -0.2) is 32.8 Å². The molecule has 0 saturated heterocycles. The van der Waals surface area contributed by atoms with E-state index in [9.17, 15) is 4.79 Å². The Kier molecular flexibility index (Phi) is 5.97. The van der Waals surface area contributed by atoms with Gasteiger partial charge >= 0.3 is 5.97 Å². The molecule has 0 amide bonds. The first kappa shape index (κ1) is 20.6. The molecule has 1 N–H and O–H groups in total. The number of nitrogens with zero attached hydrogens (tertiary/aromatic N) is 4. The summed E-state index contributed by atoms with van der Waals surface area (Å²) in [6.45, 7) is 6.69. The molecule has 3 aromatic rings. The molecular weight excluding hydrogens is 394 g/mol. The third-order valence-electron chi connectivity index (χ3n) is 5.06. The Morgan fingerprint density at radius 2 is 1.97 bits per heavy atom. The number of carbonyl (C=O) groups is 1. The number of hydrogen-bond acceptors (Lipinski definition) is 7. The van der Waals surface area contributed by atoms with Crippen molar-refractivity contribution in [3.05, 3.63) is 76.5 Å². The van der Waals surface area contributed by atoms with E-state index in [1.54, 1.807) is 4.68 Å². The number of allylic oxidation sites excluding steroid dienone is 1. The molecule has 1 atom stereocenters. The standard InChI is InChI=1S/C23H25N5O3/c1-4-12-30-22(29)20-16(3)24-23-25-26-27-28(23)21(20)18-8-10-19(11-9-18)31-14-17-7-5-6-15(2)13-17/h5-11,13,21H,4,12,14H2,1-3H3,(H,24,25,27). The molecule has 8 heteroatoms. The molecule has 0 spiro atoms. The number of esters is 1. The highest BCUT2D eigenvalue weighted by molar-refractivity contribution is 5.92. The van der Waals surface area contributed by atoms with Gasteiger partial charge in [0.25, 0.3) is 0 Å². The summed E-state index contributed by atoms with van der Waals surface area (Å²) in [4.78, 5) is 12.8. The molecular formula is C23H25N5O3. The molecule has 8 nitrogen and oxygen atoms in total. The Labute approximate surface area is 180 Å². The van der Waals surface area contributed by atoms with E-state index in [0.29, 0.717) is 30.4 Å². The van der Waals surface area contributed by atoms with Gasteiger partial charge in [-0.1, -0.05) is 54.0 Å². The number of carbonyl (C=O) groups excluding carboxylic acids is 1. The van der Waals surface area contributed by atoms with Gasteiger partial charge in [-0.15, -0.1) is 0 Å². The Morgan fingerprint density at radius 1 is 1.16 bits per heavy atom. The predicted octanol–water partition coefficient (Wildman–Crippen LogP) is 3.80. The minimum Gasteiger partial charge on any atom is -0.489 e. The van der Waals surface area contributed by atoms with Gasteiger partial charge in [-0.25, -0.2) is 4.79 Å². The molecule has 1 aromatic heterocycles. The van der Waals surface area contributed by atoms with E-state index in [4.69, 9.17) is 9.47 Å². The monoisotopic (exact) mass is 419 g/mol. The van der Waals surface area contributed by atoms with Crippen LogP contribution >= 0.6 is 0 Å². The second kappa shape index (κ2) is 8.99. The SMILES string of the molecule is CCCOC(=O)C1=C(C)Nc2nnnn2C1c1ccc(OCc2cccc(C)c2)cc1. The number of hydrogen-bond donors (Lipinski definition) is 1. The minimum absolute atomic E-state index is 0.358. The molecule has 0 fully saturated rings. The number of fused-ring (bicyclic) bond motifs is 1. The van der Waals surface area contributed by atoms with Crippen molar-refractivity contribution in [1.82, 2.24) is 20.2 Å². The van der Waals surface area contributed by atoms with Gasteiger partial charge < -0.3 is 14.8 Å². The second-order valence-electron chi connectivity index (χ2n) is 7.50. The lowest BCUT2D eigenvalue weighted by atomic mass is 9.96. The van der Waals surface area contributed by atoms with E-state index in [2.05, 4.69) is 39.9 Å². The summed E-state index contributed by atoms with van der Waals surface area (Å²) in [6, 6.07) is 15.4. The van der Waals surface area contributed by atoms with Crippen molar-refractivity contribution in [1.29, 1.82) is 0 Å². The first-order valence-corrected chi connectivity index (χ1v) is 10.3. The van der Waals surface area contributed by atoms with Crippen LogP contribution in [0.15, 0.2) is 59.8 Å². The van der Waals surface area contributed by atoms with Crippen LogP contribution in [0.3, 0.4) is 0 Å². The maximum Gasteiger partial charge on any atom is 0.338 e. The van der Waals surface area contributed by atoms with Gasteiger partial charge in [0.05, 0.1) is 12.2 Å². The molecule has 0 bridgehead atoms. The molecule has 1 aliphatic heterocycles. The van der Waals surface area contributed by atoms with Gasteiger partial charge in [0.2, 0.25) is 5.95 Å². The maximum absolute atomic E-state index is 12.8. The molecule has 0 aliphatic carbocycles. The molecule has 4 rings (SSSR count). The van der Waals surface area contributed by atoms with Crippen molar-refractivity contribution in [2.75, 3.05) is 11.9 Å². The zero-order chi connectivity index (χ0) is 21.8. The number of rotatable bonds is 7. The van der Waals surface area contributed by atoms with E-state index in [1.807, 2.05) is 50.2 Å². The lowest BCUT2D eigenvalue weighted by Crippen LogP contribution is -2.29. The molecule has 2 heterocycles. The van der Waals surface area contributed by atoms with E-state index >= 15 is 0 Å². The first-order valence-electron chi connectivity index (χ1n) is 10.3. The predicted molar refractivity (Wildman–Crippen MR) is 115 cm³/mol. The molecule has 160 valence electrons. The molecule has 2 aromatic carbocycles. The molecule has 0 saturated carbocycles. The summed E-state index contributed by atoms with van der Waals surface area (Å²) in [7, 11) is 0. The quantitative estimate of drug-likeness (QED) is 0.583. The Bertz CT molecular complexity index is 1100.